The standard InChI is InChI=1S/C17H15FN2O3S2/c1-11(16(22)20-17-12(10-19)6-8-25-17)23-15(21)7-9-24-14-4-2-13(18)3-5-14/h2-6,8,11H,7,9H2,1H3,(H,20,22)/t11-/m1/s1. The van der Waals surface area contributed by atoms with Crippen molar-refractivity contribution in [3.63, 3.8) is 0 Å². The maximum absolute atomic E-state index is 12.8. The molecule has 0 bridgehead atoms. The predicted octanol–water partition coefficient (Wildman–Crippen LogP) is 3.81. The lowest BCUT2D eigenvalue weighted by Crippen LogP contribution is -2.30. The Morgan fingerprint density at radius 1 is 1.36 bits per heavy atom. The Morgan fingerprint density at radius 3 is 2.76 bits per heavy atom. The molecule has 1 heterocycles. The number of carbonyl (C=O) groups excluding carboxylic acids is 2. The molecule has 0 aliphatic heterocycles. The van der Waals surface area contributed by atoms with Crippen molar-refractivity contribution in [2.24, 2.45) is 0 Å². The lowest BCUT2D eigenvalue weighted by Gasteiger charge is -2.13. The summed E-state index contributed by atoms with van der Waals surface area (Å²) in [7, 11) is 0. The molecule has 0 radical (unpaired) electrons. The van der Waals surface area contributed by atoms with E-state index in [1.807, 2.05) is 6.07 Å². The van der Waals surface area contributed by atoms with E-state index in [-0.39, 0.29) is 12.2 Å². The highest BCUT2D eigenvalue weighted by Crippen LogP contribution is 2.22. The van der Waals surface area contributed by atoms with Crippen LogP contribution in [0.5, 0.6) is 0 Å². The summed E-state index contributed by atoms with van der Waals surface area (Å²) in [6, 6.07) is 9.55. The number of hydrogen-bond acceptors (Lipinski definition) is 6. The molecule has 0 spiro atoms. The first-order valence-electron chi connectivity index (χ1n) is 7.36. The topological polar surface area (TPSA) is 79.2 Å². The monoisotopic (exact) mass is 378 g/mol. The zero-order valence-corrected chi connectivity index (χ0v) is 15.0. The fourth-order valence-corrected chi connectivity index (χ4v) is 3.37. The fourth-order valence-electron chi connectivity index (χ4n) is 1.80. The summed E-state index contributed by atoms with van der Waals surface area (Å²) >= 11 is 2.63. The quantitative estimate of drug-likeness (QED) is 0.585. The van der Waals surface area contributed by atoms with Crippen LogP contribution in [0, 0.1) is 17.1 Å². The molecule has 0 aliphatic carbocycles. The van der Waals surface area contributed by atoms with E-state index in [1.165, 1.54) is 42.2 Å². The highest BCUT2D eigenvalue weighted by Gasteiger charge is 2.19. The Morgan fingerprint density at radius 2 is 2.08 bits per heavy atom. The van der Waals surface area contributed by atoms with Crippen molar-refractivity contribution in [3.05, 3.63) is 47.1 Å². The van der Waals surface area contributed by atoms with Crippen LogP contribution in [0.25, 0.3) is 0 Å². The van der Waals surface area contributed by atoms with Crippen molar-refractivity contribution in [1.29, 1.82) is 5.26 Å². The summed E-state index contributed by atoms with van der Waals surface area (Å²) in [4.78, 5) is 24.7. The number of nitrogens with one attached hydrogen (secondary N) is 1. The van der Waals surface area contributed by atoms with Gasteiger partial charge in [0.05, 0.1) is 12.0 Å². The van der Waals surface area contributed by atoms with Gasteiger partial charge in [-0.1, -0.05) is 0 Å². The molecule has 0 saturated carbocycles. The minimum Gasteiger partial charge on any atom is -0.453 e. The largest absolute Gasteiger partial charge is 0.453 e. The van der Waals surface area contributed by atoms with Crippen molar-refractivity contribution in [2.45, 2.75) is 24.3 Å². The van der Waals surface area contributed by atoms with E-state index < -0.39 is 18.0 Å². The molecule has 0 unspecified atom stereocenters. The van der Waals surface area contributed by atoms with E-state index in [1.54, 1.807) is 23.6 Å². The van der Waals surface area contributed by atoms with Gasteiger partial charge in [-0.3, -0.25) is 9.59 Å². The molecule has 0 saturated heterocycles. The van der Waals surface area contributed by atoms with Crippen LogP contribution in [0.3, 0.4) is 0 Å². The molecule has 1 amide bonds. The number of esters is 1. The molecular weight excluding hydrogens is 363 g/mol. The van der Waals surface area contributed by atoms with Gasteiger partial charge in [-0.25, -0.2) is 4.39 Å². The van der Waals surface area contributed by atoms with Crippen LogP contribution in [-0.4, -0.2) is 23.7 Å². The third-order valence-corrected chi connectivity index (χ3v) is 4.93. The third-order valence-electron chi connectivity index (χ3n) is 3.09. The molecule has 8 heteroatoms. The second-order valence-electron chi connectivity index (χ2n) is 4.95. The van der Waals surface area contributed by atoms with Gasteiger partial charge in [0.15, 0.2) is 6.10 Å². The zero-order valence-electron chi connectivity index (χ0n) is 13.3. The summed E-state index contributed by atoms with van der Waals surface area (Å²) in [6.45, 7) is 1.47. The Balaban J connectivity index is 1.74. The molecule has 1 aromatic heterocycles. The van der Waals surface area contributed by atoms with Crippen molar-refractivity contribution in [3.8, 4) is 6.07 Å². The molecule has 5 nitrogen and oxygen atoms in total. The maximum Gasteiger partial charge on any atom is 0.307 e. The van der Waals surface area contributed by atoms with Gasteiger partial charge in [0, 0.05) is 10.6 Å². The van der Waals surface area contributed by atoms with E-state index in [0.717, 1.165) is 4.90 Å². The van der Waals surface area contributed by atoms with Gasteiger partial charge in [0.2, 0.25) is 0 Å². The number of halogens is 1. The molecule has 2 aromatic rings. The normalized spacial score (nSPS) is 11.4. The smallest absolute Gasteiger partial charge is 0.307 e. The Hall–Kier alpha value is -2.37. The van der Waals surface area contributed by atoms with Gasteiger partial charge in [0.1, 0.15) is 16.9 Å². The second-order valence-corrected chi connectivity index (χ2v) is 7.03. The van der Waals surface area contributed by atoms with Crippen LogP contribution in [0.1, 0.15) is 18.9 Å². The van der Waals surface area contributed by atoms with Crippen molar-refractivity contribution < 1.29 is 18.7 Å². The highest BCUT2D eigenvalue weighted by molar-refractivity contribution is 7.99. The minimum absolute atomic E-state index is 0.127. The first-order valence-corrected chi connectivity index (χ1v) is 9.22. The Kier molecular flexibility index (Phi) is 6.98. The molecule has 1 atom stereocenters. The molecule has 25 heavy (non-hydrogen) atoms. The lowest BCUT2D eigenvalue weighted by atomic mass is 10.3. The number of thioether (sulfide) groups is 1. The van der Waals surface area contributed by atoms with Gasteiger partial charge >= 0.3 is 5.97 Å². The first kappa shape index (κ1) is 19.0. The van der Waals surface area contributed by atoms with Crippen LogP contribution in [0.2, 0.25) is 0 Å². The molecule has 1 aromatic carbocycles. The Labute approximate surface area is 152 Å². The summed E-state index contributed by atoms with van der Waals surface area (Å²) < 4.78 is 17.9. The number of nitriles is 1. The summed E-state index contributed by atoms with van der Waals surface area (Å²) in [5.74, 6) is -0.834. The van der Waals surface area contributed by atoms with E-state index in [2.05, 4.69) is 5.32 Å². The maximum atomic E-state index is 12.8. The van der Waals surface area contributed by atoms with Crippen molar-refractivity contribution >= 4 is 40.0 Å². The van der Waals surface area contributed by atoms with Crippen LogP contribution in [0.15, 0.2) is 40.6 Å². The van der Waals surface area contributed by atoms with E-state index >= 15 is 0 Å². The van der Waals surface area contributed by atoms with Crippen LogP contribution in [0.4, 0.5) is 9.39 Å². The average molecular weight is 378 g/mol. The number of ether oxygens (including phenoxy) is 1. The first-order chi connectivity index (χ1) is 12.0. The summed E-state index contributed by atoms with van der Waals surface area (Å²) in [5, 5.41) is 13.6. The van der Waals surface area contributed by atoms with Gasteiger partial charge in [-0.2, -0.15) is 5.26 Å². The number of hydrogen-bond donors (Lipinski definition) is 1. The molecule has 130 valence electrons. The number of amides is 1. The Bertz CT molecular complexity index is 784. The van der Waals surface area contributed by atoms with Crippen LogP contribution in [-0.2, 0) is 14.3 Å². The average Bonchev–Trinajstić information content (AvgIpc) is 3.03. The van der Waals surface area contributed by atoms with Gasteiger partial charge < -0.3 is 10.1 Å². The molecular formula is C17H15FN2O3S2. The highest BCUT2D eigenvalue weighted by atomic mass is 32.2. The van der Waals surface area contributed by atoms with Crippen molar-refractivity contribution in [2.75, 3.05) is 11.1 Å². The van der Waals surface area contributed by atoms with Gasteiger partial charge in [-0.05, 0) is 42.6 Å². The minimum atomic E-state index is -0.961. The second kappa shape index (κ2) is 9.20. The van der Waals surface area contributed by atoms with Crippen LogP contribution >= 0.6 is 23.1 Å². The van der Waals surface area contributed by atoms with E-state index in [9.17, 15) is 14.0 Å². The molecule has 0 fully saturated rings. The lowest BCUT2D eigenvalue weighted by molar-refractivity contribution is -0.152. The van der Waals surface area contributed by atoms with E-state index in [4.69, 9.17) is 10.00 Å². The summed E-state index contributed by atoms with van der Waals surface area (Å²) in [6.07, 6.45) is -0.834. The number of rotatable bonds is 7. The molecule has 1 N–H and O–H groups in total. The fraction of sp³-hybridized carbons (Fsp3) is 0.235. The number of thiophene rings is 1. The van der Waals surface area contributed by atoms with Crippen LogP contribution < -0.4 is 5.32 Å². The number of anilines is 1. The molecule has 2 rings (SSSR count). The zero-order chi connectivity index (χ0) is 18.2. The number of nitrogens with zero attached hydrogens (tertiary/aromatic N) is 1. The predicted molar refractivity (Wildman–Crippen MR) is 95.0 cm³/mol. The summed E-state index contributed by atoms with van der Waals surface area (Å²) in [5.41, 5.74) is 0.368. The van der Waals surface area contributed by atoms with Gasteiger partial charge in [-0.15, -0.1) is 23.1 Å². The third kappa shape index (κ3) is 5.89. The SMILES string of the molecule is C[C@@H](OC(=O)CCSc1ccc(F)cc1)C(=O)Nc1sccc1C#N. The number of benzene rings is 1. The van der Waals surface area contributed by atoms with Crippen molar-refractivity contribution in [1.82, 2.24) is 0 Å². The molecule has 0 aliphatic rings. The number of carbonyl (C=O) groups is 2. The van der Waals surface area contributed by atoms with E-state index in [0.29, 0.717) is 16.3 Å². The van der Waals surface area contributed by atoms with Gasteiger partial charge in [0.25, 0.3) is 5.91 Å².